The Morgan fingerprint density at radius 2 is 2.37 bits per heavy atom. The predicted octanol–water partition coefficient (Wildman–Crippen LogP) is 1.89. The predicted molar refractivity (Wildman–Crippen MR) is 74.9 cm³/mol. The summed E-state index contributed by atoms with van der Waals surface area (Å²) in [7, 11) is 0. The third-order valence-corrected chi connectivity index (χ3v) is 3.24. The molecular formula is C14H14N2O2S. The molecule has 0 bridgehead atoms. The van der Waals surface area contributed by atoms with Gasteiger partial charge in [0.2, 0.25) is 0 Å². The van der Waals surface area contributed by atoms with Crippen molar-refractivity contribution >= 4 is 17.2 Å². The Balaban J connectivity index is 1.94. The molecule has 2 heterocycles. The fraction of sp³-hybridized carbons (Fsp3) is 0.214. The van der Waals surface area contributed by atoms with Crippen molar-refractivity contribution in [1.29, 1.82) is 0 Å². The molecule has 0 aliphatic heterocycles. The molecule has 0 spiro atoms. The highest BCUT2D eigenvalue weighted by molar-refractivity contribution is 7.10. The van der Waals surface area contributed by atoms with Crippen LogP contribution in [0.4, 0.5) is 0 Å². The lowest BCUT2D eigenvalue weighted by molar-refractivity contribution is 0.0948. The molecule has 0 saturated carbocycles. The van der Waals surface area contributed by atoms with E-state index in [0.717, 1.165) is 16.4 Å². The van der Waals surface area contributed by atoms with E-state index in [-0.39, 0.29) is 5.91 Å². The summed E-state index contributed by atoms with van der Waals surface area (Å²) in [4.78, 5) is 12.7. The molecule has 0 aliphatic carbocycles. The molecule has 2 aromatic rings. The van der Waals surface area contributed by atoms with Crippen LogP contribution in [0.2, 0.25) is 0 Å². The van der Waals surface area contributed by atoms with E-state index in [4.69, 9.17) is 10.2 Å². The summed E-state index contributed by atoms with van der Waals surface area (Å²) in [5.74, 6) is 7.10. The maximum absolute atomic E-state index is 11.9. The van der Waals surface area contributed by atoms with E-state index < -0.39 is 0 Å². The van der Waals surface area contributed by atoms with Gasteiger partial charge in [-0.3, -0.25) is 4.79 Å². The number of nitrogens with one attached hydrogen (secondary N) is 1. The molecule has 0 saturated heterocycles. The van der Waals surface area contributed by atoms with Gasteiger partial charge in [-0.15, -0.1) is 11.3 Å². The first-order chi connectivity index (χ1) is 9.19. The number of nitrogens with two attached hydrogens (primary N) is 1. The van der Waals surface area contributed by atoms with Crippen LogP contribution in [0.15, 0.2) is 28.0 Å². The zero-order valence-electron chi connectivity index (χ0n) is 10.5. The Morgan fingerprint density at radius 3 is 3.05 bits per heavy atom. The van der Waals surface area contributed by atoms with E-state index in [9.17, 15) is 4.79 Å². The van der Waals surface area contributed by atoms with Gasteiger partial charge in [-0.2, -0.15) is 0 Å². The molecule has 0 atom stereocenters. The van der Waals surface area contributed by atoms with Gasteiger partial charge < -0.3 is 15.5 Å². The third-order valence-electron chi connectivity index (χ3n) is 2.39. The Kier molecular flexibility index (Phi) is 4.39. The largest absolute Gasteiger partial charge is 0.465 e. The number of furan rings is 1. The number of aryl methyl sites for hydroxylation is 1. The van der Waals surface area contributed by atoms with Crippen LogP contribution in [-0.4, -0.2) is 12.5 Å². The topological polar surface area (TPSA) is 68.3 Å². The molecule has 0 unspecified atom stereocenters. The van der Waals surface area contributed by atoms with Gasteiger partial charge in [0.25, 0.3) is 5.91 Å². The van der Waals surface area contributed by atoms with E-state index in [0.29, 0.717) is 18.7 Å². The quantitative estimate of drug-likeness (QED) is 0.840. The van der Waals surface area contributed by atoms with E-state index in [2.05, 4.69) is 17.2 Å². The lowest BCUT2D eigenvalue weighted by Crippen LogP contribution is -2.21. The van der Waals surface area contributed by atoms with Crippen molar-refractivity contribution in [2.75, 3.05) is 6.54 Å². The van der Waals surface area contributed by atoms with Crippen molar-refractivity contribution in [3.63, 3.8) is 0 Å². The van der Waals surface area contributed by atoms with Gasteiger partial charge in [0.15, 0.2) is 0 Å². The van der Waals surface area contributed by atoms with Crippen LogP contribution in [0.1, 0.15) is 26.8 Å². The molecule has 0 aromatic carbocycles. The second-order valence-electron chi connectivity index (χ2n) is 3.90. The monoisotopic (exact) mass is 274 g/mol. The van der Waals surface area contributed by atoms with Crippen LogP contribution in [0.5, 0.6) is 0 Å². The maximum atomic E-state index is 11.9. The van der Waals surface area contributed by atoms with Crippen LogP contribution in [-0.2, 0) is 6.54 Å². The van der Waals surface area contributed by atoms with Gasteiger partial charge in [0, 0.05) is 5.38 Å². The standard InChI is InChI=1S/C14H14N2O2S/c1-10-4-5-12(18-10)8-16-14(17)11-7-13(19-9-11)3-2-6-15/h4-5,7,9H,6,8,15H2,1H3,(H,16,17). The molecule has 1 amide bonds. The summed E-state index contributed by atoms with van der Waals surface area (Å²) in [6.07, 6.45) is 0. The van der Waals surface area contributed by atoms with Gasteiger partial charge >= 0.3 is 0 Å². The number of thiophene rings is 1. The zero-order valence-corrected chi connectivity index (χ0v) is 11.3. The average molecular weight is 274 g/mol. The van der Waals surface area contributed by atoms with Crippen molar-refractivity contribution in [2.45, 2.75) is 13.5 Å². The fourth-order valence-electron chi connectivity index (χ4n) is 1.51. The minimum absolute atomic E-state index is 0.133. The smallest absolute Gasteiger partial charge is 0.252 e. The van der Waals surface area contributed by atoms with Crippen molar-refractivity contribution in [1.82, 2.24) is 5.32 Å². The number of amides is 1. The lowest BCUT2D eigenvalue weighted by atomic mass is 10.3. The summed E-state index contributed by atoms with van der Waals surface area (Å²) in [6.45, 7) is 2.57. The molecule has 3 N–H and O–H groups in total. The molecular weight excluding hydrogens is 260 g/mol. The number of hydrogen-bond donors (Lipinski definition) is 2. The van der Waals surface area contributed by atoms with Crippen molar-refractivity contribution in [3.8, 4) is 11.8 Å². The second kappa shape index (κ2) is 6.23. The Morgan fingerprint density at radius 1 is 1.53 bits per heavy atom. The van der Waals surface area contributed by atoms with Gasteiger partial charge in [0.05, 0.1) is 23.5 Å². The molecule has 0 radical (unpaired) electrons. The van der Waals surface area contributed by atoms with Crippen LogP contribution in [0, 0.1) is 18.8 Å². The fourth-order valence-corrected chi connectivity index (χ4v) is 2.26. The molecule has 4 nitrogen and oxygen atoms in total. The zero-order chi connectivity index (χ0) is 13.7. The average Bonchev–Trinajstić information content (AvgIpc) is 3.02. The highest BCUT2D eigenvalue weighted by atomic mass is 32.1. The molecule has 5 heteroatoms. The number of hydrogen-bond acceptors (Lipinski definition) is 4. The lowest BCUT2D eigenvalue weighted by Gasteiger charge is -2.00. The Hall–Kier alpha value is -2.03. The first-order valence-corrected chi connectivity index (χ1v) is 6.68. The molecule has 2 aromatic heterocycles. The van der Waals surface area contributed by atoms with E-state index in [1.807, 2.05) is 19.1 Å². The summed E-state index contributed by atoms with van der Waals surface area (Å²) in [5.41, 5.74) is 5.90. The molecule has 0 fully saturated rings. The molecule has 2 rings (SSSR count). The number of carbonyl (C=O) groups excluding carboxylic acids is 1. The van der Waals surface area contributed by atoms with Crippen LogP contribution >= 0.6 is 11.3 Å². The Labute approximate surface area is 115 Å². The van der Waals surface area contributed by atoms with E-state index in [1.165, 1.54) is 11.3 Å². The van der Waals surface area contributed by atoms with Gasteiger partial charge in [-0.25, -0.2) is 0 Å². The number of carbonyl (C=O) groups is 1. The summed E-state index contributed by atoms with van der Waals surface area (Å²) < 4.78 is 5.38. The minimum atomic E-state index is -0.133. The third kappa shape index (κ3) is 3.71. The highest BCUT2D eigenvalue weighted by Gasteiger charge is 2.08. The SMILES string of the molecule is Cc1ccc(CNC(=O)c2csc(C#CCN)c2)o1. The van der Waals surface area contributed by atoms with Gasteiger partial charge in [-0.1, -0.05) is 11.8 Å². The van der Waals surface area contributed by atoms with E-state index in [1.54, 1.807) is 11.4 Å². The maximum Gasteiger partial charge on any atom is 0.252 e. The second-order valence-corrected chi connectivity index (χ2v) is 4.81. The van der Waals surface area contributed by atoms with Gasteiger partial charge in [0.1, 0.15) is 11.5 Å². The molecule has 19 heavy (non-hydrogen) atoms. The van der Waals surface area contributed by atoms with Gasteiger partial charge in [-0.05, 0) is 25.1 Å². The van der Waals surface area contributed by atoms with Crippen molar-refractivity contribution in [3.05, 3.63) is 45.5 Å². The highest BCUT2D eigenvalue weighted by Crippen LogP contribution is 2.13. The first-order valence-electron chi connectivity index (χ1n) is 5.80. The molecule has 0 aliphatic rings. The number of rotatable bonds is 3. The Bertz CT molecular complexity index is 631. The summed E-state index contributed by atoms with van der Waals surface area (Å²) in [5, 5.41) is 4.58. The van der Waals surface area contributed by atoms with Crippen molar-refractivity contribution < 1.29 is 9.21 Å². The van der Waals surface area contributed by atoms with E-state index >= 15 is 0 Å². The summed E-state index contributed by atoms with van der Waals surface area (Å²) in [6, 6.07) is 5.48. The van der Waals surface area contributed by atoms with Crippen LogP contribution in [0.25, 0.3) is 0 Å². The first kappa shape index (κ1) is 13.4. The molecule has 98 valence electrons. The summed E-state index contributed by atoms with van der Waals surface area (Å²) >= 11 is 1.43. The van der Waals surface area contributed by atoms with Crippen LogP contribution < -0.4 is 11.1 Å². The van der Waals surface area contributed by atoms with Crippen molar-refractivity contribution in [2.24, 2.45) is 5.73 Å². The van der Waals surface area contributed by atoms with Crippen LogP contribution in [0.3, 0.4) is 0 Å². The normalized spacial score (nSPS) is 9.79. The minimum Gasteiger partial charge on any atom is -0.465 e.